The van der Waals surface area contributed by atoms with Gasteiger partial charge < -0.3 is 0 Å². The van der Waals surface area contributed by atoms with Crippen LogP contribution < -0.4 is 0 Å². The van der Waals surface area contributed by atoms with Crippen LogP contribution in [0.25, 0.3) is 17.2 Å². The molecule has 0 aliphatic rings. The minimum Gasteiger partial charge on any atom is -0.0991 e. The van der Waals surface area contributed by atoms with Crippen LogP contribution in [0.15, 0.2) is 91.6 Å². The molecule has 2 aromatic carbocycles. The summed E-state index contributed by atoms with van der Waals surface area (Å²) in [6.07, 6.45) is 9.63. The Hall–Kier alpha value is -2.60. The first-order valence-corrected chi connectivity index (χ1v) is 7.02. The molecular weight excluding hydrogens is 252 g/mol. The van der Waals surface area contributed by atoms with Gasteiger partial charge in [-0.25, -0.2) is 0 Å². The molecule has 0 spiro atoms. The van der Waals surface area contributed by atoms with Crippen molar-refractivity contribution >= 4 is 6.08 Å². The van der Waals surface area contributed by atoms with Gasteiger partial charge in [-0.2, -0.15) is 0 Å². The lowest BCUT2D eigenvalue weighted by molar-refractivity contribution is 1.47. The Morgan fingerprint density at radius 2 is 1.43 bits per heavy atom. The Morgan fingerprint density at radius 3 is 2.00 bits per heavy atom. The Morgan fingerprint density at radius 1 is 0.857 bits per heavy atom. The highest BCUT2D eigenvalue weighted by Crippen LogP contribution is 2.20. The zero-order valence-electron chi connectivity index (χ0n) is 12.4. The van der Waals surface area contributed by atoms with Crippen LogP contribution in [0.3, 0.4) is 0 Å². The van der Waals surface area contributed by atoms with Crippen molar-refractivity contribution in [2.24, 2.45) is 0 Å². The molecule has 0 fully saturated rings. The minimum absolute atomic E-state index is 0.956. The maximum atomic E-state index is 3.96. The Kier molecular flexibility index (Phi) is 5.11. The first kappa shape index (κ1) is 14.8. The highest BCUT2D eigenvalue weighted by molar-refractivity contribution is 5.66. The van der Waals surface area contributed by atoms with Crippen molar-refractivity contribution in [3.8, 4) is 11.1 Å². The molecule has 0 radical (unpaired) electrons. The molecule has 0 N–H and O–H groups in total. The lowest BCUT2D eigenvalue weighted by Crippen LogP contribution is -1.79. The third-order valence-electron chi connectivity index (χ3n) is 3.23. The fourth-order valence-electron chi connectivity index (χ4n) is 1.98. The second kappa shape index (κ2) is 7.25. The number of hydrogen-bond donors (Lipinski definition) is 0. The van der Waals surface area contributed by atoms with Crippen LogP contribution in [0.5, 0.6) is 0 Å². The summed E-state index contributed by atoms with van der Waals surface area (Å²) >= 11 is 0. The first-order chi connectivity index (χ1) is 10.2. The van der Waals surface area contributed by atoms with Gasteiger partial charge in [-0.1, -0.05) is 97.6 Å². The van der Waals surface area contributed by atoms with E-state index in [9.17, 15) is 0 Å². The van der Waals surface area contributed by atoms with Gasteiger partial charge in [-0.15, -0.1) is 0 Å². The third-order valence-corrected chi connectivity index (χ3v) is 3.23. The quantitative estimate of drug-likeness (QED) is 0.588. The number of allylic oxidation sites excluding steroid dienone is 5. The van der Waals surface area contributed by atoms with Crippen LogP contribution in [0, 0.1) is 6.92 Å². The topological polar surface area (TPSA) is 0 Å². The number of aryl methyl sites for hydroxylation is 1. The fraction of sp³-hybridized carbons (Fsp3) is 0.0476. The van der Waals surface area contributed by atoms with E-state index in [4.69, 9.17) is 0 Å². The zero-order valence-corrected chi connectivity index (χ0v) is 12.4. The zero-order chi connectivity index (χ0) is 15.1. The van der Waals surface area contributed by atoms with Gasteiger partial charge in [-0.05, 0) is 29.2 Å². The molecule has 21 heavy (non-hydrogen) atoms. The summed E-state index contributed by atoms with van der Waals surface area (Å²) in [5, 5.41) is 0. The molecule has 0 unspecified atom stereocenters. The summed E-state index contributed by atoms with van der Waals surface area (Å²) in [4.78, 5) is 0. The van der Waals surface area contributed by atoms with Crippen molar-refractivity contribution in [1.82, 2.24) is 0 Å². The van der Waals surface area contributed by atoms with Gasteiger partial charge in [0, 0.05) is 0 Å². The molecule has 0 nitrogen and oxygen atoms in total. The predicted octanol–water partition coefficient (Wildman–Crippen LogP) is 5.97. The summed E-state index contributed by atoms with van der Waals surface area (Å²) in [6, 6.07) is 17.1. The van der Waals surface area contributed by atoms with Crippen LogP contribution in [-0.4, -0.2) is 0 Å². The smallest absolute Gasteiger partial charge is 0.0184 e. The van der Waals surface area contributed by atoms with Crippen LogP contribution in [0.2, 0.25) is 0 Å². The molecule has 0 aromatic heterocycles. The van der Waals surface area contributed by atoms with E-state index in [0.717, 1.165) is 5.57 Å². The van der Waals surface area contributed by atoms with Crippen molar-refractivity contribution in [1.29, 1.82) is 0 Å². The van der Waals surface area contributed by atoms with E-state index in [1.165, 1.54) is 22.3 Å². The standard InChI is InChI=1S/C21H20/c1-4-5-6-17(2)7-10-19-11-15-21(16-12-19)20-13-8-18(3)9-14-20/h4-16H,1-2H2,3H3/b6-5-,10-7?. The molecule has 0 amide bonds. The van der Waals surface area contributed by atoms with E-state index < -0.39 is 0 Å². The van der Waals surface area contributed by atoms with Crippen LogP contribution >= 0.6 is 0 Å². The van der Waals surface area contributed by atoms with Crippen LogP contribution in [0.1, 0.15) is 11.1 Å². The van der Waals surface area contributed by atoms with E-state index in [0.29, 0.717) is 0 Å². The van der Waals surface area contributed by atoms with Crippen molar-refractivity contribution in [3.05, 3.63) is 103 Å². The minimum atomic E-state index is 0.956. The fourth-order valence-corrected chi connectivity index (χ4v) is 1.98. The number of rotatable bonds is 5. The van der Waals surface area contributed by atoms with Crippen LogP contribution in [-0.2, 0) is 0 Å². The molecule has 0 atom stereocenters. The highest BCUT2D eigenvalue weighted by Gasteiger charge is 1.96. The van der Waals surface area contributed by atoms with E-state index in [2.05, 4.69) is 74.7 Å². The van der Waals surface area contributed by atoms with Gasteiger partial charge in [0.25, 0.3) is 0 Å². The second-order valence-corrected chi connectivity index (χ2v) is 4.99. The molecule has 2 aromatic rings. The molecule has 0 heteroatoms. The van der Waals surface area contributed by atoms with Crippen molar-refractivity contribution in [2.75, 3.05) is 0 Å². The molecule has 0 saturated carbocycles. The largest absolute Gasteiger partial charge is 0.0991 e. The normalized spacial score (nSPS) is 11.1. The maximum Gasteiger partial charge on any atom is -0.0184 e. The monoisotopic (exact) mass is 272 g/mol. The van der Waals surface area contributed by atoms with Gasteiger partial charge in [0.2, 0.25) is 0 Å². The molecule has 2 rings (SSSR count). The number of hydrogen-bond acceptors (Lipinski definition) is 0. The average molecular weight is 272 g/mol. The molecule has 0 aliphatic carbocycles. The van der Waals surface area contributed by atoms with Gasteiger partial charge in [0.05, 0.1) is 0 Å². The van der Waals surface area contributed by atoms with Gasteiger partial charge in [0.15, 0.2) is 0 Å². The predicted molar refractivity (Wildman–Crippen MR) is 94.1 cm³/mol. The van der Waals surface area contributed by atoms with Gasteiger partial charge >= 0.3 is 0 Å². The Bertz CT molecular complexity index is 665. The van der Waals surface area contributed by atoms with E-state index in [1.54, 1.807) is 6.08 Å². The van der Waals surface area contributed by atoms with E-state index in [1.807, 2.05) is 18.2 Å². The summed E-state index contributed by atoms with van der Waals surface area (Å²) in [7, 11) is 0. The lowest BCUT2D eigenvalue weighted by atomic mass is 10.0. The van der Waals surface area contributed by atoms with E-state index in [-0.39, 0.29) is 0 Å². The third kappa shape index (κ3) is 4.47. The summed E-state index contributed by atoms with van der Waals surface area (Å²) in [5.41, 5.74) is 5.88. The summed E-state index contributed by atoms with van der Waals surface area (Å²) < 4.78 is 0. The molecule has 0 bridgehead atoms. The van der Waals surface area contributed by atoms with Crippen LogP contribution in [0.4, 0.5) is 0 Å². The van der Waals surface area contributed by atoms with Crippen molar-refractivity contribution < 1.29 is 0 Å². The molecule has 0 aliphatic heterocycles. The Labute approximate surface area is 127 Å². The van der Waals surface area contributed by atoms with Gasteiger partial charge in [-0.3, -0.25) is 0 Å². The summed E-state index contributed by atoms with van der Waals surface area (Å²) in [5.74, 6) is 0. The Balaban J connectivity index is 2.10. The van der Waals surface area contributed by atoms with Crippen molar-refractivity contribution in [2.45, 2.75) is 6.92 Å². The number of benzene rings is 2. The SMILES string of the molecule is C=C/C=C\C(=C)C=Cc1ccc(-c2ccc(C)cc2)cc1. The first-order valence-electron chi connectivity index (χ1n) is 7.02. The molecule has 0 saturated heterocycles. The van der Waals surface area contributed by atoms with Crippen molar-refractivity contribution in [3.63, 3.8) is 0 Å². The van der Waals surface area contributed by atoms with E-state index >= 15 is 0 Å². The summed E-state index contributed by atoms with van der Waals surface area (Å²) in [6.45, 7) is 9.70. The second-order valence-electron chi connectivity index (χ2n) is 4.99. The molecule has 104 valence electrons. The molecule has 0 heterocycles. The lowest BCUT2D eigenvalue weighted by Gasteiger charge is -2.03. The van der Waals surface area contributed by atoms with Gasteiger partial charge in [0.1, 0.15) is 0 Å². The molecular formula is C21H20. The highest BCUT2D eigenvalue weighted by atomic mass is 14.0. The maximum absolute atomic E-state index is 3.96. The average Bonchev–Trinajstić information content (AvgIpc) is 2.52.